The number of esters is 1. The Morgan fingerprint density at radius 2 is 1.83 bits per heavy atom. The van der Waals surface area contributed by atoms with Gasteiger partial charge in [0.15, 0.2) is 0 Å². The lowest BCUT2D eigenvalue weighted by Gasteiger charge is -2.12. The molecule has 0 aliphatic carbocycles. The Kier molecular flexibility index (Phi) is 5.98. The van der Waals surface area contributed by atoms with Crippen molar-refractivity contribution < 1.29 is 14.3 Å². The van der Waals surface area contributed by atoms with E-state index in [0.717, 1.165) is 21.3 Å². The molecule has 0 aliphatic heterocycles. The smallest absolute Gasteiger partial charge is 0.337 e. The average Bonchev–Trinajstić information content (AvgIpc) is 2.56. The van der Waals surface area contributed by atoms with Gasteiger partial charge in [-0.3, -0.25) is 4.79 Å². The lowest BCUT2D eigenvalue weighted by atomic mass is 10.1. The lowest BCUT2D eigenvalue weighted by Crippen LogP contribution is -2.22. The Morgan fingerprint density at radius 1 is 1.08 bits per heavy atom. The van der Waals surface area contributed by atoms with Gasteiger partial charge in [0.1, 0.15) is 0 Å². The zero-order chi connectivity index (χ0) is 17.7. The molecule has 0 heterocycles. The third kappa shape index (κ3) is 4.58. The predicted molar refractivity (Wildman–Crippen MR) is 98.5 cm³/mol. The number of halogens is 1. The number of carbonyl (C=O) groups excluding carboxylic acids is 2. The van der Waals surface area contributed by atoms with E-state index in [1.165, 1.54) is 7.11 Å². The number of rotatable bonds is 5. The second kappa shape index (κ2) is 7.97. The monoisotopic (exact) mass is 390 g/mol. The molecule has 24 heavy (non-hydrogen) atoms. The maximum absolute atomic E-state index is 12.1. The van der Waals surface area contributed by atoms with Gasteiger partial charge in [-0.15, -0.1) is 0 Å². The van der Waals surface area contributed by atoms with Crippen molar-refractivity contribution in [1.82, 2.24) is 0 Å². The van der Waals surface area contributed by atoms with E-state index in [-0.39, 0.29) is 12.5 Å². The van der Waals surface area contributed by atoms with Gasteiger partial charge in [-0.05, 0) is 65.2 Å². The standard InChI is InChI=1S/C18H19BrN2O3/c1-11-4-7-15(14(19)8-11)21-17(22)10-20-16-9-13(18(23)24-3)6-5-12(16)2/h4-9,20H,10H2,1-3H3,(H,21,22). The molecule has 0 unspecified atom stereocenters. The molecule has 2 aromatic rings. The predicted octanol–water partition coefficient (Wildman–Crippen LogP) is 3.90. The molecule has 0 spiro atoms. The molecule has 0 aliphatic rings. The number of hydrogen-bond acceptors (Lipinski definition) is 4. The van der Waals surface area contributed by atoms with Crippen molar-refractivity contribution in [1.29, 1.82) is 0 Å². The van der Waals surface area contributed by atoms with Gasteiger partial charge >= 0.3 is 5.97 Å². The minimum Gasteiger partial charge on any atom is -0.465 e. The largest absolute Gasteiger partial charge is 0.465 e. The molecule has 0 aromatic heterocycles. The highest BCUT2D eigenvalue weighted by molar-refractivity contribution is 9.10. The van der Waals surface area contributed by atoms with Crippen molar-refractivity contribution in [2.24, 2.45) is 0 Å². The summed E-state index contributed by atoms with van der Waals surface area (Å²) in [6.07, 6.45) is 0. The van der Waals surface area contributed by atoms with Gasteiger partial charge in [-0.1, -0.05) is 12.1 Å². The van der Waals surface area contributed by atoms with Crippen LogP contribution in [0, 0.1) is 13.8 Å². The van der Waals surface area contributed by atoms with E-state index in [9.17, 15) is 9.59 Å². The minimum absolute atomic E-state index is 0.0891. The fourth-order valence-electron chi connectivity index (χ4n) is 2.15. The van der Waals surface area contributed by atoms with Gasteiger partial charge in [-0.25, -0.2) is 4.79 Å². The van der Waals surface area contributed by atoms with Crippen LogP contribution in [0.4, 0.5) is 11.4 Å². The SMILES string of the molecule is COC(=O)c1ccc(C)c(NCC(=O)Nc2ccc(C)cc2Br)c1. The first kappa shape index (κ1) is 18.0. The van der Waals surface area contributed by atoms with Crippen molar-refractivity contribution in [3.8, 4) is 0 Å². The van der Waals surface area contributed by atoms with E-state index in [1.807, 2.05) is 38.1 Å². The Morgan fingerprint density at radius 3 is 2.50 bits per heavy atom. The van der Waals surface area contributed by atoms with E-state index in [0.29, 0.717) is 11.3 Å². The van der Waals surface area contributed by atoms with Crippen molar-refractivity contribution in [2.45, 2.75) is 13.8 Å². The molecule has 0 saturated heterocycles. The van der Waals surface area contributed by atoms with E-state index in [4.69, 9.17) is 4.74 Å². The van der Waals surface area contributed by atoms with Crippen LogP contribution in [-0.2, 0) is 9.53 Å². The summed E-state index contributed by atoms with van der Waals surface area (Å²) in [7, 11) is 1.34. The van der Waals surface area contributed by atoms with Crippen molar-refractivity contribution in [2.75, 3.05) is 24.3 Å². The Labute approximate surface area is 149 Å². The maximum atomic E-state index is 12.1. The van der Waals surface area contributed by atoms with E-state index in [2.05, 4.69) is 26.6 Å². The molecule has 2 rings (SSSR count). The molecule has 0 radical (unpaired) electrons. The number of anilines is 2. The van der Waals surface area contributed by atoms with Crippen LogP contribution < -0.4 is 10.6 Å². The van der Waals surface area contributed by atoms with Gasteiger partial charge in [0.05, 0.1) is 24.9 Å². The second-order valence-corrected chi connectivity index (χ2v) is 6.26. The van der Waals surface area contributed by atoms with Crippen molar-refractivity contribution in [3.05, 3.63) is 57.6 Å². The third-order valence-electron chi connectivity index (χ3n) is 3.50. The fraction of sp³-hybridized carbons (Fsp3) is 0.222. The van der Waals surface area contributed by atoms with Crippen molar-refractivity contribution >= 4 is 39.2 Å². The lowest BCUT2D eigenvalue weighted by molar-refractivity contribution is -0.114. The van der Waals surface area contributed by atoms with Crippen LogP contribution in [0.15, 0.2) is 40.9 Å². The summed E-state index contributed by atoms with van der Waals surface area (Å²) in [6, 6.07) is 10.9. The topological polar surface area (TPSA) is 67.4 Å². The van der Waals surface area contributed by atoms with Crippen LogP contribution >= 0.6 is 15.9 Å². The number of amides is 1. The molecule has 0 saturated carbocycles. The zero-order valence-corrected chi connectivity index (χ0v) is 15.4. The first-order valence-electron chi connectivity index (χ1n) is 7.39. The highest BCUT2D eigenvalue weighted by Gasteiger charge is 2.10. The summed E-state index contributed by atoms with van der Waals surface area (Å²) in [6.45, 7) is 3.97. The van der Waals surface area contributed by atoms with Gasteiger partial charge in [0.2, 0.25) is 5.91 Å². The fourth-order valence-corrected chi connectivity index (χ4v) is 2.74. The number of benzene rings is 2. The number of carbonyl (C=O) groups is 2. The van der Waals surface area contributed by atoms with E-state index >= 15 is 0 Å². The highest BCUT2D eigenvalue weighted by atomic mass is 79.9. The number of aryl methyl sites for hydroxylation is 2. The maximum Gasteiger partial charge on any atom is 0.337 e. The summed E-state index contributed by atoms with van der Waals surface area (Å²) in [5.41, 5.74) is 3.91. The molecule has 0 atom stereocenters. The third-order valence-corrected chi connectivity index (χ3v) is 4.15. The quantitative estimate of drug-likeness (QED) is 0.759. The van der Waals surface area contributed by atoms with Crippen LogP contribution in [-0.4, -0.2) is 25.5 Å². The highest BCUT2D eigenvalue weighted by Crippen LogP contribution is 2.23. The normalized spacial score (nSPS) is 10.2. The van der Waals surface area contributed by atoms with Crippen LogP contribution in [0.5, 0.6) is 0 Å². The molecule has 126 valence electrons. The van der Waals surface area contributed by atoms with Crippen LogP contribution in [0.3, 0.4) is 0 Å². The molecule has 5 nitrogen and oxygen atoms in total. The second-order valence-electron chi connectivity index (χ2n) is 5.41. The molecular formula is C18H19BrN2O3. The van der Waals surface area contributed by atoms with Crippen molar-refractivity contribution in [3.63, 3.8) is 0 Å². The Bertz CT molecular complexity index is 775. The summed E-state index contributed by atoms with van der Waals surface area (Å²) >= 11 is 3.43. The minimum atomic E-state index is -0.411. The summed E-state index contributed by atoms with van der Waals surface area (Å²) < 4.78 is 5.54. The first-order valence-corrected chi connectivity index (χ1v) is 8.19. The van der Waals surface area contributed by atoms with Gasteiger partial charge in [0, 0.05) is 10.2 Å². The summed E-state index contributed by atoms with van der Waals surface area (Å²) in [5.74, 6) is -0.589. The molecule has 0 fully saturated rings. The molecule has 0 bridgehead atoms. The van der Waals surface area contributed by atoms with Crippen LogP contribution in [0.1, 0.15) is 21.5 Å². The Balaban J connectivity index is 2.02. The number of hydrogen-bond donors (Lipinski definition) is 2. The number of ether oxygens (including phenoxy) is 1. The molecular weight excluding hydrogens is 372 g/mol. The summed E-state index contributed by atoms with van der Waals surface area (Å²) in [4.78, 5) is 23.7. The number of nitrogens with one attached hydrogen (secondary N) is 2. The van der Waals surface area contributed by atoms with Gasteiger partial charge in [-0.2, -0.15) is 0 Å². The molecule has 1 amide bonds. The molecule has 6 heteroatoms. The van der Waals surface area contributed by atoms with Gasteiger partial charge in [0.25, 0.3) is 0 Å². The van der Waals surface area contributed by atoms with Crippen LogP contribution in [0.2, 0.25) is 0 Å². The average molecular weight is 391 g/mol. The zero-order valence-electron chi connectivity index (χ0n) is 13.8. The van der Waals surface area contributed by atoms with E-state index in [1.54, 1.807) is 12.1 Å². The molecule has 2 N–H and O–H groups in total. The summed E-state index contributed by atoms with van der Waals surface area (Å²) in [5, 5.41) is 5.88. The van der Waals surface area contributed by atoms with E-state index < -0.39 is 5.97 Å². The number of methoxy groups -OCH3 is 1. The van der Waals surface area contributed by atoms with Gasteiger partial charge < -0.3 is 15.4 Å². The van der Waals surface area contributed by atoms with Crippen LogP contribution in [0.25, 0.3) is 0 Å². The Hall–Kier alpha value is -2.34. The molecule has 2 aromatic carbocycles. The first-order chi connectivity index (χ1) is 11.4.